The summed E-state index contributed by atoms with van der Waals surface area (Å²) in [5.74, 6) is 0.961. The molecule has 0 heterocycles. The highest BCUT2D eigenvalue weighted by atomic mass is 16.5. The van der Waals surface area contributed by atoms with Crippen LogP contribution in [0.1, 0.15) is 17.5 Å². The van der Waals surface area contributed by atoms with E-state index in [0.717, 1.165) is 25.1 Å². The molecule has 1 aromatic rings. The molecule has 86 valence electrons. The average molecular weight is 217 g/mol. The fourth-order valence-corrected chi connectivity index (χ4v) is 2.28. The van der Waals surface area contributed by atoms with E-state index < -0.39 is 0 Å². The van der Waals surface area contributed by atoms with Gasteiger partial charge in [-0.1, -0.05) is 12.1 Å². The van der Waals surface area contributed by atoms with Crippen molar-refractivity contribution in [3.63, 3.8) is 0 Å². The Morgan fingerprint density at radius 1 is 1.50 bits per heavy atom. The number of methoxy groups -OCH3 is 1. The van der Waals surface area contributed by atoms with Crippen LogP contribution >= 0.6 is 0 Å². The molecule has 0 aliphatic heterocycles. The van der Waals surface area contributed by atoms with Crippen LogP contribution in [0.25, 0.3) is 0 Å². The van der Waals surface area contributed by atoms with Crippen LogP contribution in [-0.4, -0.2) is 19.7 Å². The smallest absolute Gasteiger partial charge is 0.119 e. The van der Waals surface area contributed by atoms with Gasteiger partial charge < -0.3 is 10.1 Å². The minimum atomic E-state index is 0.581. The zero-order valence-corrected chi connectivity index (χ0v) is 9.83. The normalized spacial score (nSPS) is 18.9. The third kappa shape index (κ3) is 2.45. The van der Waals surface area contributed by atoms with Crippen molar-refractivity contribution in [3.05, 3.63) is 42.0 Å². The summed E-state index contributed by atoms with van der Waals surface area (Å²) in [6, 6.07) is 6.99. The maximum atomic E-state index is 5.26. The second-order valence-corrected chi connectivity index (χ2v) is 4.27. The first kappa shape index (κ1) is 11.2. The van der Waals surface area contributed by atoms with Crippen LogP contribution in [-0.2, 0) is 12.8 Å². The molecular formula is C14H19NO. The van der Waals surface area contributed by atoms with E-state index in [9.17, 15) is 0 Å². The predicted molar refractivity (Wildman–Crippen MR) is 67.0 cm³/mol. The predicted octanol–water partition coefficient (Wildman–Crippen LogP) is 2.33. The first-order valence-electron chi connectivity index (χ1n) is 5.83. The summed E-state index contributed by atoms with van der Waals surface area (Å²) in [6.07, 6.45) is 5.39. The minimum absolute atomic E-state index is 0.581. The standard InChI is InChI=1S/C14H19NO/c1-3-8-15-13-6-4-11-5-7-14(16-2)10-12(11)9-13/h3,5,7,10,13,15H,1,4,6,8-9H2,2H3. The summed E-state index contributed by atoms with van der Waals surface area (Å²) < 4.78 is 5.26. The number of aryl methyl sites for hydroxylation is 1. The lowest BCUT2D eigenvalue weighted by Crippen LogP contribution is -2.34. The second kappa shape index (κ2) is 5.17. The molecule has 1 atom stereocenters. The Balaban J connectivity index is 2.08. The molecule has 0 amide bonds. The molecule has 1 aliphatic rings. The van der Waals surface area contributed by atoms with E-state index in [1.54, 1.807) is 7.11 Å². The molecule has 1 unspecified atom stereocenters. The minimum Gasteiger partial charge on any atom is -0.497 e. The molecule has 1 N–H and O–H groups in total. The van der Waals surface area contributed by atoms with Gasteiger partial charge in [0, 0.05) is 12.6 Å². The summed E-state index contributed by atoms with van der Waals surface area (Å²) in [7, 11) is 1.72. The number of rotatable bonds is 4. The molecule has 2 rings (SSSR count). The van der Waals surface area contributed by atoms with Gasteiger partial charge in [-0.15, -0.1) is 6.58 Å². The largest absolute Gasteiger partial charge is 0.497 e. The van der Waals surface area contributed by atoms with Gasteiger partial charge in [-0.2, -0.15) is 0 Å². The third-order valence-corrected chi connectivity index (χ3v) is 3.19. The average Bonchev–Trinajstić information content (AvgIpc) is 2.35. The molecule has 1 aliphatic carbocycles. The van der Waals surface area contributed by atoms with Crippen molar-refractivity contribution < 1.29 is 4.74 Å². The van der Waals surface area contributed by atoms with E-state index in [-0.39, 0.29) is 0 Å². The summed E-state index contributed by atoms with van der Waals surface area (Å²) >= 11 is 0. The number of hydrogen-bond acceptors (Lipinski definition) is 2. The van der Waals surface area contributed by atoms with Gasteiger partial charge in [-0.3, -0.25) is 0 Å². The van der Waals surface area contributed by atoms with Crippen LogP contribution in [0.2, 0.25) is 0 Å². The Hall–Kier alpha value is -1.28. The van der Waals surface area contributed by atoms with Crippen LogP contribution in [0, 0.1) is 0 Å². The zero-order chi connectivity index (χ0) is 11.4. The van der Waals surface area contributed by atoms with Crippen molar-refractivity contribution in [2.75, 3.05) is 13.7 Å². The van der Waals surface area contributed by atoms with Crippen LogP contribution in [0.4, 0.5) is 0 Å². The third-order valence-electron chi connectivity index (χ3n) is 3.19. The molecule has 2 nitrogen and oxygen atoms in total. The van der Waals surface area contributed by atoms with Crippen molar-refractivity contribution in [3.8, 4) is 5.75 Å². The molecule has 0 fully saturated rings. The Morgan fingerprint density at radius 2 is 2.38 bits per heavy atom. The molecule has 0 saturated carbocycles. The number of benzene rings is 1. The monoisotopic (exact) mass is 217 g/mol. The van der Waals surface area contributed by atoms with Gasteiger partial charge in [0.1, 0.15) is 5.75 Å². The van der Waals surface area contributed by atoms with Crippen LogP contribution < -0.4 is 10.1 Å². The van der Waals surface area contributed by atoms with Crippen molar-refractivity contribution in [1.82, 2.24) is 5.32 Å². The molecule has 16 heavy (non-hydrogen) atoms. The van der Waals surface area contributed by atoms with E-state index in [4.69, 9.17) is 4.74 Å². The number of fused-ring (bicyclic) bond motifs is 1. The highest BCUT2D eigenvalue weighted by Gasteiger charge is 2.17. The van der Waals surface area contributed by atoms with Gasteiger partial charge in [0.05, 0.1) is 7.11 Å². The van der Waals surface area contributed by atoms with Crippen molar-refractivity contribution in [1.29, 1.82) is 0 Å². The van der Waals surface area contributed by atoms with Gasteiger partial charge in [0.15, 0.2) is 0 Å². The second-order valence-electron chi connectivity index (χ2n) is 4.27. The highest BCUT2D eigenvalue weighted by molar-refractivity contribution is 5.37. The SMILES string of the molecule is C=CCNC1CCc2ccc(OC)cc2C1. The maximum Gasteiger partial charge on any atom is 0.119 e. The zero-order valence-electron chi connectivity index (χ0n) is 9.83. The van der Waals surface area contributed by atoms with Crippen molar-refractivity contribution >= 4 is 0 Å². The summed E-state index contributed by atoms with van der Waals surface area (Å²) in [4.78, 5) is 0. The topological polar surface area (TPSA) is 21.3 Å². The van der Waals surface area contributed by atoms with E-state index in [1.807, 2.05) is 6.08 Å². The molecule has 0 aromatic heterocycles. The van der Waals surface area contributed by atoms with E-state index in [1.165, 1.54) is 17.5 Å². The molecule has 1 aromatic carbocycles. The number of nitrogens with one attached hydrogen (secondary N) is 1. The fraction of sp³-hybridized carbons (Fsp3) is 0.429. The Morgan fingerprint density at radius 3 is 3.12 bits per heavy atom. The van der Waals surface area contributed by atoms with Gasteiger partial charge in [-0.05, 0) is 42.5 Å². The lowest BCUT2D eigenvalue weighted by molar-refractivity contribution is 0.412. The summed E-state index contributed by atoms with van der Waals surface area (Å²) in [5.41, 5.74) is 2.89. The molecule has 0 radical (unpaired) electrons. The molecule has 0 saturated heterocycles. The van der Waals surface area contributed by atoms with Crippen molar-refractivity contribution in [2.45, 2.75) is 25.3 Å². The first-order chi connectivity index (χ1) is 7.83. The molecular weight excluding hydrogens is 198 g/mol. The van der Waals surface area contributed by atoms with Gasteiger partial charge in [0.25, 0.3) is 0 Å². The van der Waals surface area contributed by atoms with Crippen LogP contribution in [0.5, 0.6) is 5.75 Å². The lowest BCUT2D eigenvalue weighted by Gasteiger charge is -2.25. The van der Waals surface area contributed by atoms with Gasteiger partial charge in [-0.25, -0.2) is 0 Å². The Bertz CT molecular complexity index is 373. The lowest BCUT2D eigenvalue weighted by atomic mass is 9.88. The van der Waals surface area contributed by atoms with E-state index in [2.05, 4.69) is 30.1 Å². The summed E-state index contributed by atoms with van der Waals surface area (Å²) in [6.45, 7) is 4.63. The summed E-state index contributed by atoms with van der Waals surface area (Å²) in [5, 5.41) is 3.49. The first-order valence-corrected chi connectivity index (χ1v) is 5.83. The van der Waals surface area contributed by atoms with Gasteiger partial charge >= 0.3 is 0 Å². The van der Waals surface area contributed by atoms with Crippen LogP contribution in [0.15, 0.2) is 30.9 Å². The van der Waals surface area contributed by atoms with Crippen molar-refractivity contribution in [2.24, 2.45) is 0 Å². The molecule has 0 spiro atoms. The number of hydrogen-bond donors (Lipinski definition) is 1. The highest BCUT2D eigenvalue weighted by Crippen LogP contribution is 2.25. The Labute approximate surface area is 97.3 Å². The van der Waals surface area contributed by atoms with Crippen LogP contribution in [0.3, 0.4) is 0 Å². The van der Waals surface area contributed by atoms with Gasteiger partial charge in [0.2, 0.25) is 0 Å². The molecule has 2 heteroatoms. The Kier molecular flexibility index (Phi) is 3.62. The maximum absolute atomic E-state index is 5.26. The molecule has 0 bridgehead atoms. The fourth-order valence-electron chi connectivity index (χ4n) is 2.28. The van der Waals surface area contributed by atoms with E-state index in [0.29, 0.717) is 6.04 Å². The number of ether oxygens (including phenoxy) is 1. The quantitative estimate of drug-likeness (QED) is 0.782. The van der Waals surface area contributed by atoms with E-state index >= 15 is 0 Å².